The Morgan fingerprint density at radius 1 is 1.08 bits per heavy atom. The average molecular weight is 346 g/mol. The maximum Gasteiger partial charge on any atom is 0.161 e. The molecule has 130 valence electrons. The summed E-state index contributed by atoms with van der Waals surface area (Å²) >= 11 is 0. The molecule has 4 aliphatic rings. The molecule has 3 nitrogen and oxygen atoms in total. The van der Waals surface area contributed by atoms with Crippen molar-refractivity contribution in [2.75, 3.05) is 5.75 Å². The van der Waals surface area contributed by atoms with Crippen LogP contribution in [0.25, 0.3) is 0 Å². The Kier molecular flexibility index (Phi) is 3.87. The summed E-state index contributed by atoms with van der Waals surface area (Å²) in [5.74, 6) is 1.72. The zero-order chi connectivity index (χ0) is 16.9. The van der Waals surface area contributed by atoms with Crippen LogP contribution in [0.4, 0.5) is 0 Å². The van der Waals surface area contributed by atoms with Crippen LogP contribution in [0, 0.1) is 30.1 Å². The number of Topliss-reactive ketones (excluding diaryl/α,β-unsaturated/α-hetero) is 1. The molecule has 0 saturated heterocycles. The third kappa shape index (κ3) is 3.05. The van der Waals surface area contributed by atoms with E-state index in [1.54, 1.807) is 0 Å². The summed E-state index contributed by atoms with van der Waals surface area (Å²) in [6.45, 7) is 1.96. The SMILES string of the molecule is Cc1cccc(CS(=O)(=O)CC(=O)C23CC4CC(CC(C4)C2)C3)c1. The minimum Gasteiger partial charge on any atom is -0.298 e. The number of rotatable bonds is 5. The highest BCUT2D eigenvalue weighted by Gasteiger charge is 2.54. The molecule has 0 atom stereocenters. The maximum absolute atomic E-state index is 13.0. The van der Waals surface area contributed by atoms with Gasteiger partial charge in [-0.1, -0.05) is 29.8 Å². The molecule has 0 radical (unpaired) electrons. The maximum atomic E-state index is 13.0. The minimum absolute atomic E-state index is 0.00857. The molecule has 1 aromatic carbocycles. The van der Waals surface area contributed by atoms with E-state index in [-0.39, 0.29) is 22.7 Å². The zero-order valence-electron chi connectivity index (χ0n) is 14.3. The molecule has 4 saturated carbocycles. The second kappa shape index (κ2) is 5.69. The van der Waals surface area contributed by atoms with Crippen LogP contribution in [0.1, 0.15) is 49.7 Å². The van der Waals surface area contributed by atoms with Crippen LogP contribution >= 0.6 is 0 Å². The van der Waals surface area contributed by atoms with Crippen LogP contribution in [0.15, 0.2) is 24.3 Å². The molecule has 24 heavy (non-hydrogen) atoms. The van der Waals surface area contributed by atoms with Crippen molar-refractivity contribution in [1.82, 2.24) is 0 Å². The van der Waals surface area contributed by atoms with E-state index >= 15 is 0 Å². The predicted octanol–water partition coefficient (Wildman–Crippen LogP) is 3.70. The van der Waals surface area contributed by atoms with Crippen LogP contribution < -0.4 is 0 Å². The van der Waals surface area contributed by atoms with Gasteiger partial charge in [0.25, 0.3) is 0 Å². The van der Waals surface area contributed by atoms with E-state index in [1.165, 1.54) is 19.3 Å². The molecule has 1 aromatic rings. The van der Waals surface area contributed by atoms with E-state index < -0.39 is 9.84 Å². The lowest BCUT2D eigenvalue weighted by atomic mass is 9.48. The molecule has 5 rings (SSSR count). The Bertz CT molecular complexity index is 728. The minimum atomic E-state index is -3.39. The van der Waals surface area contributed by atoms with E-state index in [0.29, 0.717) is 17.8 Å². The fourth-order valence-electron chi connectivity index (χ4n) is 5.91. The molecule has 0 unspecified atom stereocenters. The van der Waals surface area contributed by atoms with Gasteiger partial charge in [0, 0.05) is 5.41 Å². The first-order valence-electron chi connectivity index (χ1n) is 9.13. The fraction of sp³-hybridized carbons (Fsp3) is 0.650. The van der Waals surface area contributed by atoms with Gasteiger partial charge in [0.2, 0.25) is 0 Å². The highest BCUT2D eigenvalue weighted by Crippen LogP contribution is 2.60. The van der Waals surface area contributed by atoms with Crippen LogP contribution in [0.2, 0.25) is 0 Å². The van der Waals surface area contributed by atoms with Crippen molar-refractivity contribution in [3.8, 4) is 0 Å². The van der Waals surface area contributed by atoms with Crippen LogP contribution in [-0.2, 0) is 20.4 Å². The monoisotopic (exact) mass is 346 g/mol. The van der Waals surface area contributed by atoms with Crippen molar-refractivity contribution < 1.29 is 13.2 Å². The second-order valence-electron chi connectivity index (χ2n) is 8.64. The van der Waals surface area contributed by atoms with Crippen molar-refractivity contribution in [3.63, 3.8) is 0 Å². The van der Waals surface area contributed by atoms with Crippen molar-refractivity contribution >= 4 is 15.6 Å². The average Bonchev–Trinajstić information content (AvgIpc) is 2.44. The van der Waals surface area contributed by atoms with Crippen molar-refractivity contribution in [3.05, 3.63) is 35.4 Å². The molecule has 0 N–H and O–H groups in total. The standard InChI is InChI=1S/C20H26O3S/c1-14-3-2-4-15(5-14)12-24(22,23)13-19(21)20-9-16-6-17(10-20)8-18(7-16)11-20/h2-5,16-18H,6-13H2,1H3. The quantitative estimate of drug-likeness (QED) is 0.817. The van der Waals surface area contributed by atoms with Gasteiger partial charge in [-0.05, 0) is 68.8 Å². The van der Waals surface area contributed by atoms with E-state index in [0.717, 1.165) is 30.4 Å². The van der Waals surface area contributed by atoms with Gasteiger partial charge in [-0.3, -0.25) is 4.79 Å². The first kappa shape index (κ1) is 16.3. The fourth-order valence-corrected chi connectivity index (χ4v) is 7.41. The van der Waals surface area contributed by atoms with E-state index in [9.17, 15) is 13.2 Å². The molecule has 0 aliphatic heterocycles. The first-order chi connectivity index (χ1) is 11.3. The van der Waals surface area contributed by atoms with Crippen LogP contribution in [0.5, 0.6) is 0 Å². The van der Waals surface area contributed by atoms with Gasteiger partial charge in [-0.15, -0.1) is 0 Å². The summed E-state index contributed by atoms with van der Waals surface area (Å²) in [7, 11) is -3.39. The van der Waals surface area contributed by atoms with Gasteiger partial charge >= 0.3 is 0 Å². The van der Waals surface area contributed by atoms with Crippen LogP contribution in [0.3, 0.4) is 0 Å². The summed E-state index contributed by atoms with van der Waals surface area (Å²) in [6, 6.07) is 7.56. The summed E-state index contributed by atoms with van der Waals surface area (Å²) in [4.78, 5) is 13.0. The third-order valence-corrected chi connectivity index (χ3v) is 7.92. The van der Waals surface area contributed by atoms with Crippen molar-refractivity contribution in [1.29, 1.82) is 0 Å². The number of carbonyl (C=O) groups is 1. The lowest BCUT2D eigenvalue weighted by molar-refractivity contribution is -0.141. The number of hydrogen-bond acceptors (Lipinski definition) is 3. The summed E-state index contributed by atoms with van der Waals surface area (Å²) in [6.07, 6.45) is 6.63. The topological polar surface area (TPSA) is 51.2 Å². The van der Waals surface area contributed by atoms with Gasteiger partial charge in [0.05, 0.1) is 5.75 Å². The van der Waals surface area contributed by atoms with Crippen LogP contribution in [-0.4, -0.2) is 20.0 Å². The zero-order valence-corrected chi connectivity index (χ0v) is 15.1. The smallest absolute Gasteiger partial charge is 0.161 e. The van der Waals surface area contributed by atoms with Crippen molar-refractivity contribution in [2.45, 2.75) is 51.2 Å². The van der Waals surface area contributed by atoms with Gasteiger partial charge in [-0.2, -0.15) is 0 Å². The Morgan fingerprint density at radius 2 is 1.67 bits per heavy atom. The number of benzene rings is 1. The Labute approximate surface area is 144 Å². The second-order valence-corrected chi connectivity index (χ2v) is 10.7. The Balaban J connectivity index is 1.49. The molecule has 0 amide bonds. The van der Waals surface area contributed by atoms with Gasteiger partial charge in [0.15, 0.2) is 15.6 Å². The number of aryl methyl sites for hydroxylation is 1. The van der Waals surface area contributed by atoms with Gasteiger partial charge < -0.3 is 0 Å². The third-order valence-electron chi connectivity index (χ3n) is 6.45. The van der Waals surface area contributed by atoms with Gasteiger partial charge in [-0.25, -0.2) is 8.42 Å². The lowest BCUT2D eigenvalue weighted by Gasteiger charge is -2.55. The highest BCUT2D eigenvalue weighted by atomic mass is 32.2. The Hall–Kier alpha value is -1.16. The lowest BCUT2D eigenvalue weighted by Crippen LogP contribution is -2.51. The van der Waals surface area contributed by atoms with E-state index in [1.807, 2.05) is 31.2 Å². The molecule has 4 bridgehead atoms. The van der Waals surface area contributed by atoms with E-state index in [4.69, 9.17) is 0 Å². The summed E-state index contributed by atoms with van der Waals surface area (Å²) < 4.78 is 25.2. The number of carbonyl (C=O) groups excluding carboxylic acids is 1. The van der Waals surface area contributed by atoms with E-state index in [2.05, 4.69) is 0 Å². The molecular weight excluding hydrogens is 320 g/mol. The molecule has 4 fully saturated rings. The summed E-state index contributed by atoms with van der Waals surface area (Å²) in [5.41, 5.74) is 1.53. The molecule has 4 aliphatic carbocycles. The number of ketones is 1. The largest absolute Gasteiger partial charge is 0.298 e. The first-order valence-corrected chi connectivity index (χ1v) is 10.9. The Morgan fingerprint density at radius 3 is 2.21 bits per heavy atom. The number of sulfone groups is 1. The summed E-state index contributed by atoms with van der Waals surface area (Å²) in [5, 5.41) is 0. The highest BCUT2D eigenvalue weighted by molar-refractivity contribution is 7.91. The molecular formula is C20H26O3S. The molecule has 0 aromatic heterocycles. The van der Waals surface area contributed by atoms with Crippen molar-refractivity contribution in [2.24, 2.45) is 23.2 Å². The molecule has 0 spiro atoms. The normalized spacial score (nSPS) is 34.5. The number of hydrogen-bond donors (Lipinski definition) is 0. The van der Waals surface area contributed by atoms with Gasteiger partial charge in [0.1, 0.15) is 5.75 Å². The predicted molar refractivity (Wildman–Crippen MR) is 94.3 cm³/mol. The molecule has 0 heterocycles. The molecule has 4 heteroatoms.